The summed E-state index contributed by atoms with van der Waals surface area (Å²) in [6.45, 7) is 6.35. The molecule has 0 N–H and O–H groups in total. The van der Waals surface area contributed by atoms with Crippen LogP contribution in [0.15, 0.2) is 30.3 Å². The molecule has 1 aromatic rings. The molecule has 2 heteroatoms. The number of hydrogen-bond donors (Lipinski definition) is 0. The molecule has 0 atom stereocenters. The molecular formula is C17H28N2. The van der Waals surface area contributed by atoms with E-state index in [0.717, 1.165) is 6.54 Å². The molecule has 19 heavy (non-hydrogen) atoms. The minimum absolute atomic E-state index is 1.14. The van der Waals surface area contributed by atoms with Crippen molar-refractivity contribution in [3.05, 3.63) is 35.9 Å². The van der Waals surface area contributed by atoms with Crippen LogP contribution in [0.4, 0.5) is 0 Å². The molecule has 2 fully saturated rings. The van der Waals surface area contributed by atoms with Crippen LogP contribution in [0.3, 0.4) is 0 Å². The van der Waals surface area contributed by atoms with E-state index in [4.69, 9.17) is 0 Å². The van der Waals surface area contributed by atoms with Gasteiger partial charge < -0.3 is 4.90 Å². The van der Waals surface area contributed by atoms with Crippen LogP contribution in [0.2, 0.25) is 0 Å². The zero-order valence-corrected chi connectivity index (χ0v) is 12.4. The van der Waals surface area contributed by atoms with E-state index in [9.17, 15) is 0 Å². The summed E-state index contributed by atoms with van der Waals surface area (Å²) < 4.78 is 0. The fourth-order valence-corrected chi connectivity index (χ4v) is 2.83. The monoisotopic (exact) mass is 260 g/mol. The van der Waals surface area contributed by atoms with Crippen molar-refractivity contribution in [2.75, 3.05) is 33.2 Å². The minimum Gasteiger partial charge on any atom is -0.306 e. The molecule has 0 amide bonds. The fourth-order valence-electron chi connectivity index (χ4n) is 2.83. The Kier molecular flexibility index (Phi) is 6.38. The zero-order chi connectivity index (χ0) is 13.3. The third-order valence-corrected chi connectivity index (χ3v) is 4.03. The van der Waals surface area contributed by atoms with Crippen molar-refractivity contribution in [1.29, 1.82) is 0 Å². The van der Waals surface area contributed by atoms with Crippen LogP contribution in [-0.2, 0) is 6.54 Å². The Labute approximate surface area is 118 Å². The maximum Gasteiger partial charge on any atom is 0.0233 e. The van der Waals surface area contributed by atoms with Gasteiger partial charge in [0.25, 0.3) is 0 Å². The molecule has 0 unspecified atom stereocenters. The maximum atomic E-state index is 2.52. The molecular weight excluding hydrogens is 232 g/mol. The Morgan fingerprint density at radius 1 is 0.789 bits per heavy atom. The first-order chi connectivity index (χ1) is 9.34. The number of piperidine rings is 1. The molecule has 0 radical (unpaired) electrons. The van der Waals surface area contributed by atoms with Crippen LogP contribution in [0.5, 0.6) is 0 Å². The van der Waals surface area contributed by atoms with Crippen molar-refractivity contribution in [3.8, 4) is 0 Å². The van der Waals surface area contributed by atoms with Gasteiger partial charge in [-0.25, -0.2) is 0 Å². The predicted molar refractivity (Wildman–Crippen MR) is 82.3 cm³/mol. The topological polar surface area (TPSA) is 6.48 Å². The number of benzene rings is 1. The smallest absolute Gasteiger partial charge is 0.0233 e. The normalized spacial score (nSPS) is 20.9. The lowest BCUT2D eigenvalue weighted by atomic mass is 10.1. The number of rotatable bonds is 2. The van der Waals surface area contributed by atoms with Gasteiger partial charge in [-0.1, -0.05) is 36.8 Å². The molecule has 2 heterocycles. The van der Waals surface area contributed by atoms with Crippen LogP contribution in [0.25, 0.3) is 0 Å². The molecule has 0 saturated carbocycles. The Hall–Kier alpha value is -0.860. The SMILES string of the molecule is CN1CCCCC1.c1ccc(CN2CCCC2)cc1. The molecule has 1 aromatic carbocycles. The lowest BCUT2D eigenvalue weighted by molar-refractivity contribution is 0.277. The number of hydrogen-bond acceptors (Lipinski definition) is 2. The summed E-state index contributed by atoms with van der Waals surface area (Å²) in [5.74, 6) is 0. The summed E-state index contributed by atoms with van der Waals surface area (Å²) in [6, 6.07) is 10.7. The third-order valence-electron chi connectivity index (χ3n) is 4.03. The Morgan fingerprint density at radius 2 is 1.37 bits per heavy atom. The van der Waals surface area contributed by atoms with E-state index >= 15 is 0 Å². The average molecular weight is 260 g/mol. The van der Waals surface area contributed by atoms with Crippen LogP contribution < -0.4 is 0 Å². The highest BCUT2D eigenvalue weighted by Gasteiger charge is 2.10. The summed E-state index contributed by atoms with van der Waals surface area (Å²) in [6.07, 6.45) is 7.04. The second-order valence-corrected chi connectivity index (χ2v) is 5.83. The van der Waals surface area contributed by atoms with E-state index in [2.05, 4.69) is 47.2 Å². The van der Waals surface area contributed by atoms with Gasteiger partial charge in [0.05, 0.1) is 0 Å². The predicted octanol–water partition coefficient (Wildman–Crippen LogP) is 3.38. The maximum absolute atomic E-state index is 2.52. The molecule has 2 saturated heterocycles. The van der Waals surface area contributed by atoms with E-state index in [0.29, 0.717) is 0 Å². The highest BCUT2D eigenvalue weighted by atomic mass is 15.1. The summed E-state index contributed by atoms with van der Waals surface area (Å²) in [7, 11) is 2.19. The largest absolute Gasteiger partial charge is 0.306 e. The lowest BCUT2D eigenvalue weighted by Crippen LogP contribution is -2.24. The van der Waals surface area contributed by atoms with Crippen molar-refractivity contribution in [2.45, 2.75) is 38.6 Å². The molecule has 0 bridgehead atoms. The second kappa shape index (κ2) is 8.34. The second-order valence-electron chi connectivity index (χ2n) is 5.83. The lowest BCUT2D eigenvalue weighted by Gasteiger charge is -2.20. The van der Waals surface area contributed by atoms with Gasteiger partial charge in [-0.05, 0) is 64.5 Å². The zero-order valence-electron chi connectivity index (χ0n) is 12.4. The number of likely N-dealkylation sites (tertiary alicyclic amines) is 2. The van der Waals surface area contributed by atoms with Gasteiger partial charge in [0.1, 0.15) is 0 Å². The van der Waals surface area contributed by atoms with Crippen molar-refractivity contribution < 1.29 is 0 Å². The van der Waals surface area contributed by atoms with E-state index in [1.807, 2.05) is 0 Å². The highest BCUT2D eigenvalue weighted by Crippen LogP contribution is 2.11. The van der Waals surface area contributed by atoms with Gasteiger partial charge in [0.2, 0.25) is 0 Å². The molecule has 2 nitrogen and oxygen atoms in total. The van der Waals surface area contributed by atoms with E-state index < -0.39 is 0 Å². The van der Waals surface area contributed by atoms with Gasteiger partial charge in [-0.15, -0.1) is 0 Å². The molecule has 0 spiro atoms. The summed E-state index contributed by atoms with van der Waals surface area (Å²) in [5.41, 5.74) is 1.44. The van der Waals surface area contributed by atoms with Gasteiger partial charge in [0, 0.05) is 6.54 Å². The molecule has 2 aliphatic rings. The first-order valence-electron chi connectivity index (χ1n) is 7.79. The minimum atomic E-state index is 1.14. The third kappa shape index (κ3) is 5.75. The first-order valence-corrected chi connectivity index (χ1v) is 7.79. The Balaban J connectivity index is 0.000000163. The molecule has 0 aliphatic carbocycles. The summed E-state index contributed by atoms with van der Waals surface area (Å²) in [4.78, 5) is 4.92. The van der Waals surface area contributed by atoms with Gasteiger partial charge in [0.15, 0.2) is 0 Å². The quantitative estimate of drug-likeness (QED) is 0.804. The van der Waals surface area contributed by atoms with Crippen molar-refractivity contribution >= 4 is 0 Å². The molecule has 3 rings (SSSR count). The van der Waals surface area contributed by atoms with Crippen LogP contribution in [0, 0.1) is 0 Å². The van der Waals surface area contributed by atoms with Crippen LogP contribution >= 0.6 is 0 Å². The van der Waals surface area contributed by atoms with E-state index in [1.165, 1.54) is 63.8 Å². The first kappa shape index (κ1) is 14.5. The summed E-state index contributed by atoms with van der Waals surface area (Å²) >= 11 is 0. The standard InChI is InChI=1S/C11H15N.C6H13N/c1-2-6-11(7-3-1)10-12-8-4-5-9-12;1-7-5-3-2-4-6-7/h1-3,6-7H,4-5,8-10H2;2-6H2,1H3. The van der Waals surface area contributed by atoms with Crippen LogP contribution in [-0.4, -0.2) is 43.0 Å². The molecule has 106 valence electrons. The van der Waals surface area contributed by atoms with Gasteiger partial charge in [-0.3, -0.25) is 4.90 Å². The van der Waals surface area contributed by atoms with Crippen molar-refractivity contribution in [3.63, 3.8) is 0 Å². The molecule has 0 aromatic heterocycles. The molecule has 2 aliphatic heterocycles. The number of nitrogens with zero attached hydrogens (tertiary/aromatic N) is 2. The fraction of sp³-hybridized carbons (Fsp3) is 0.647. The van der Waals surface area contributed by atoms with Crippen molar-refractivity contribution in [1.82, 2.24) is 9.80 Å². The van der Waals surface area contributed by atoms with Crippen LogP contribution in [0.1, 0.15) is 37.7 Å². The van der Waals surface area contributed by atoms with Gasteiger partial charge in [-0.2, -0.15) is 0 Å². The highest BCUT2D eigenvalue weighted by molar-refractivity contribution is 5.14. The summed E-state index contributed by atoms with van der Waals surface area (Å²) in [5, 5.41) is 0. The average Bonchev–Trinajstić information content (AvgIpc) is 2.94. The Bertz CT molecular complexity index is 324. The van der Waals surface area contributed by atoms with Crippen molar-refractivity contribution in [2.24, 2.45) is 0 Å². The van der Waals surface area contributed by atoms with Gasteiger partial charge >= 0.3 is 0 Å². The van der Waals surface area contributed by atoms with E-state index in [1.54, 1.807) is 0 Å². The van der Waals surface area contributed by atoms with E-state index in [-0.39, 0.29) is 0 Å². The Morgan fingerprint density at radius 3 is 1.89 bits per heavy atom.